The molecule has 1 heterocycles. The highest BCUT2D eigenvalue weighted by Gasteiger charge is 2.09. The smallest absolute Gasteiger partial charge is 0.0464 e. The van der Waals surface area contributed by atoms with Crippen LogP contribution in [0.5, 0.6) is 0 Å². The summed E-state index contributed by atoms with van der Waals surface area (Å²) in [5.41, 5.74) is 4.72. The third-order valence-electron chi connectivity index (χ3n) is 4.75. The van der Waals surface area contributed by atoms with Crippen molar-refractivity contribution in [3.8, 4) is 11.1 Å². The summed E-state index contributed by atoms with van der Waals surface area (Å²) in [6, 6.07) is 32.3. The number of hydrogen-bond donors (Lipinski definition) is 1. The Morgan fingerprint density at radius 2 is 1.33 bits per heavy atom. The molecule has 130 valence electrons. The Bertz CT molecular complexity index is 1270. The van der Waals surface area contributed by atoms with Gasteiger partial charge in [-0.25, -0.2) is 0 Å². The fourth-order valence-corrected chi connectivity index (χ4v) is 5.29. The summed E-state index contributed by atoms with van der Waals surface area (Å²) in [6.07, 6.45) is 0. The van der Waals surface area contributed by atoms with E-state index in [1.54, 1.807) is 0 Å². The zero-order valence-corrected chi connectivity index (χ0v) is 17.4. The first-order chi connectivity index (χ1) is 13.3. The SMILES string of the molecule is Ic1ccccc1-c1ccccc1Nc1ccc2c(c1)sc1ccccc12. The minimum atomic E-state index is 1.12. The van der Waals surface area contributed by atoms with E-state index in [0.29, 0.717) is 0 Å². The van der Waals surface area contributed by atoms with Gasteiger partial charge in [-0.1, -0.05) is 60.7 Å². The minimum absolute atomic E-state index is 1.12. The van der Waals surface area contributed by atoms with Gasteiger partial charge in [-0.05, 0) is 58.5 Å². The summed E-state index contributed by atoms with van der Waals surface area (Å²) in [5, 5.41) is 6.30. The van der Waals surface area contributed by atoms with Gasteiger partial charge in [0.25, 0.3) is 0 Å². The van der Waals surface area contributed by atoms with E-state index in [9.17, 15) is 0 Å². The summed E-state index contributed by atoms with van der Waals surface area (Å²) in [7, 11) is 0. The van der Waals surface area contributed by atoms with Crippen LogP contribution in [0.3, 0.4) is 0 Å². The summed E-state index contributed by atoms with van der Waals surface area (Å²) >= 11 is 4.25. The first-order valence-corrected chi connectivity index (χ1v) is 10.7. The number of hydrogen-bond acceptors (Lipinski definition) is 2. The van der Waals surface area contributed by atoms with Gasteiger partial charge in [-0.15, -0.1) is 11.3 Å². The number of benzene rings is 4. The van der Waals surface area contributed by atoms with Crippen LogP contribution in [0.25, 0.3) is 31.3 Å². The molecular weight excluding hydrogens is 461 g/mol. The standard InChI is InChI=1S/C24H16INS/c25-21-10-4-1-7-17(21)18-8-2-5-11-22(18)26-16-13-14-20-19-9-3-6-12-23(19)27-24(20)15-16/h1-15,26H. The molecule has 4 aromatic carbocycles. The molecule has 0 fully saturated rings. The van der Waals surface area contributed by atoms with Crippen LogP contribution in [-0.4, -0.2) is 0 Å². The number of nitrogens with one attached hydrogen (secondary N) is 1. The maximum absolute atomic E-state index is 3.64. The molecule has 0 unspecified atom stereocenters. The van der Waals surface area contributed by atoms with Crippen molar-refractivity contribution in [1.29, 1.82) is 0 Å². The lowest BCUT2D eigenvalue weighted by Gasteiger charge is -2.13. The second-order valence-corrected chi connectivity index (χ2v) is 8.71. The Morgan fingerprint density at radius 1 is 0.630 bits per heavy atom. The van der Waals surface area contributed by atoms with Crippen molar-refractivity contribution < 1.29 is 0 Å². The lowest BCUT2D eigenvalue weighted by atomic mass is 10.0. The summed E-state index contributed by atoms with van der Waals surface area (Å²) in [5.74, 6) is 0. The van der Waals surface area contributed by atoms with Gasteiger partial charge in [0.05, 0.1) is 0 Å². The van der Waals surface area contributed by atoms with Crippen LogP contribution >= 0.6 is 33.9 Å². The van der Waals surface area contributed by atoms with Crippen molar-refractivity contribution >= 4 is 65.5 Å². The normalized spacial score (nSPS) is 11.1. The van der Waals surface area contributed by atoms with Gasteiger partial charge in [-0.2, -0.15) is 0 Å². The zero-order valence-electron chi connectivity index (χ0n) is 14.4. The van der Waals surface area contributed by atoms with Crippen LogP contribution in [-0.2, 0) is 0 Å². The van der Waals surface area contributed by atoms with Gasteiger partial charge in [0.1, 0.15) is 0 Å². The second-order valence-electron chi connectivity index (χ2n) is 6.46. The molecule has 1 N–H and O–H groups in total. The van der Waals surface area contributed by atoms with Crippen molar-refractivity contribution in [3.63, 3.8) is 0 Å². The predicted octanol–water partition coefficient (Wildman–Crippen LogP) is 8.07. The van der Waals surface area contributed by atoms with Crippen LogP contribution < -0.4 is 5.32 Å². The number of anilines is 2. The first-order valence-electron chi connectivity index (χ1n) is 8.82. The monoisotopic (exact) mass is 477 g/mol. The Balaban J connectivity index is 1.58. The van der Waals surface area contributed by atoms with E-state index in [1.165, 1.54) is 34.9 Å². The topological polar surface area (TPSA) is 12.0 Å². The number of rotatable bonds is 3. The molecule has 0 aliphatic heterocycles. The molecule has 3 heteroatoms. The lowest BCUT2D eigenvalue weighted by molar-refractivity contribution is 1.53. The van der Waals surface area contributed by atoms with Crippen molar-refractivity contribution in [2.75, 3.05) is 5.32 Å². The zero-order chi connectivity index (χ0) is 18.2. The molecule has 0 saturated heterocycles. The van der Waals surface area contributed by atoms with Gasteiger partial charge in [0.2, 0.25) is 0 Å². The predicted molar refractivity (Wildman–Crippen MR) is 127 cm³/mol. The molecule has 0 aliphatic rings. The molecule has 0 atom stereocenters. The fourth-order valence-electron chi connectivity index (χ4n) is 3.47. The molecule has 1 nitrogen and oxygen atoms in total. The molecular formula is C24H16INS. The highest BCUT2D eigenvalue weighted by atomic mass is 127. The number of para-hydroxylation sites is 1. The van der Waals surface area contributed by atoms with Gasteiger partial charge in [-0.3, -0.25) is 0 Å². The lowest BCUT2D eigenvalue weighted by Crippen LogP contribution is -1.94. The van der Waals surface area contributed by atoms with Gasteiger partial charge in [0, 0.05) is 40.7 Å². The highest BCUT2D eigenvalue weighted by Crippen LogP contribution is 2.37. The van der Waals surface area contributed by atoms with Crippen molar-refractivity contribution in [1.82, 2.24) is 0 Å². The molecule has 5 rings (SSSR count). The van der Waals surface area contributed by atoms with Crippen LogP contribution in [0.15, 0.2) is 91.0 Å². The summed E-state index contributed by atoms with van der Waals surface area (Å²) in [6.45, 7) is 0. The van der Waals surface area contributed by atoms with Gasteiger partial charge >= 0.3 is 0 Å². The van der Waals surface area contributed by atoms with Gasteiger partial charge < -0.3 is 5.32 Å². The average Bonchev–Trinajstić information content (AvgIpc) is 3.07. The van der Waals surface area contributed by atoms with E-state index < -0.39 is 0 Å². The molecule has 0 radical (unpaired) electrons. The largest absolute Gasteiger partial charge is 0.355 e. The highest BCUT2D eigenvalue weighted by molar-refractivity contribution is 14.1. The molecule has 27 heavy (non-hydrogen) atoms. The van der Waals surface area contributed by atoms with Gasteiger partial charge in [0.15, 0.2) is 0 Å². The molecule has 5 aromatic rings. The average molecular weight is 477 g/mol. The van der Waals surface area contributed by atoms with Crippen molar-refractivity contribution in [2.45, 2.75) is 0 Å². The quantitative estimate of drug-likeness (QED) is 0.259. The van der Waals surface area contributed by atoms with Crippen LogP contribution in [0.2, 0.25) is 0 Å². The second kappa shape index (κ2) is 6.98. The van der Waals surface area contributed by atoms with Crippen LogP contribution in [0, 0.1) is 3.57 Å². The number of fused-ring (bicyclic) bond motifs is 3. The first kappa shape index (κ1) is 16.8. The van der Waals surface area contributed by atoms with E-state index >= 15 is 0 Å². The summed E-state index contributed by atoms with van der Waals surface area (Å²) < 4.78 is 3.90. The molecule has 0 saturated carbocycles. The van der Waals surface area contributed by atoms with Crippen LogP contribution in [0.1, 0.15) is 0 Å². The number of halogens is 1. The van der Waals surface area contributed by atoms with E-state index in [4.69, 9.17) is 0 Å². The third kappa shape index (κ3) is 3.11. The van der Waals surface area contributed by atoms with Crippen LogP contribution in [0.4, 0.5) is 11.4 Å². The third-order valence-corrected chi connectivity index (χ3v) is 6.82. The maximum atomic E-state index is 3.64. The molecule has 0 amide bonds. The van der Waals surface area contributed by atoms with Crippen molar-refractivity contribution in [2.24, 2.45) is 0 Å². The van der Waals surface area contributed by atoms with E-state index in [2.05, 4.69) is 119 Å². The maximum Gasteiger partial charge on any atom is 0.0464 e. The van der Waals surface area contributed by atoms with E-state index in [0.717, 1.165) is 11.4 Å². The Hall–Kier alpha value is -2.37. The molecule has 0 bridgehead atoms. The fraction of sp³-hybridized carbons (Fsp3) is 0. The number of thiophene rings is 1. The van der Waals surface area contributed by atoms with E-state index in [-0.39, 0.29) is 0 Å². The Labute approximate surface area is 175 Å². The minimum Gasteiger partial charge on any atom is -0.355 e. The molecule has 1 aromatic heterocycles. The van der Waals surface area contributed by atoms with E-state index in [1.807, 2.05) is 11.3 Å². The summed E-state index contributed by atoms with van der Waals surface area (Å²) in [4.78, 5) is 0. The molecule has 0 spiro atoms. The molecule has 0 aliphatic carbocycles. The Kier molecular flexibility index (Phi) is 4.34. The van der Waals surface area contributed by atoms with Crippen molar-refractivity contribution in [3.05, 3.63) is 94.6 Å². The Morgan fingerprint density at radius 3 is 2.22 bits per heavy atom.